The van der Waals surface area contributed by atoms with Gasteiger partial charge in [0.25, 0.3) is 0 Å². The SMILES string of the molecule is CC(CC1CCCN1)NC(C)c1ccccc1Cl. The van der Waals surface area contributed by atoms with Gasteiger partial charge in [0, 0.05) is 23.1 Å². The summed E-state index contributed by atoms with van der Waals surface area (Å²) in [4.78, 5) is 0. The van der Waals surface area contributed by atoms with Gasteiger partial charge in [-0.15, -0.1) is 0 Å². The lowest BCUT2D eigenvalue weighted by Crippen LogP contribution is -2.35. The first-order chi connectivity index (χ1) is 8.66. The van der Waals surface area contributed by atoms with Gasteiger partial charge in [-0.1, -0.05) is 29.8 Å². The lowest BCUT2D eigenvalue weighted by atomic mass is 10.0. The number of hydrogen-bond acceptors (Lipinski definition) is 2. The van der Waals surface area contributed by atoms with E-state index in [4.69, 9.17) is 11.6 Å². The molecule has 2 rings (SSSR count). The van der Waals surface area contributed by atoms with Crippen molar-refractivity contribution in [2.75, 3.05) is 6.54 Å². The van der Waals surface area contributed by atoms with Gasteiger partial charge in [0.1, 0.15) is 0 Å². The molecule has 0 radical (unpaired) electrons. The Bertz CT molecular complexity index is 375. The predicted octanol–water partition coefficient (Wildman–Crippen LogP) is 3.52. The van der Waals surface area contributed by atoms with E-state index < -0.39 is 0 Å². The van der Waals surface area contributed by atoms with Gasteiger partial charge in [-0.3, -0.25) is 0 Å². The fourth-order valence-electron chi connectivity index (χ4n) is 2.80. The lowest BCUT2D eigenvalue weighted by molar-refractivity contribution is 0.407. The number of nitrogens with one attached hydrogen (secondary N) is 2. The summed E-state index contributed by atoms with van der Waals surface area (Å²) in [6.07, 6.45) is 3.82. The summed E-state index contributed by atoms with van der Waals surface area (Å²) in [5.41, 5.74) is 1.19. The Labute approximate surface area is 115 Å². The van der Waals surface area contributed by atoms with Crippen LogP contribution in [0.3, 0.4) is 0 Å². The molecule has 3 heteroatoms. The monoisotopic (exact) mass is 266 g/mol. The molecule has 0 aliphatic carbocycles. The number of halogens is 1. The zero-order valence-electron chi connectivity index (χ0n) is 11.2. The van der Waals surface area contributed by atoms with Crippen molar-refractivity contribution in [2.45, 2.75) is 51.2 Å². The molecule has 100 valence electrons. The second kappa shape index (κ2) is 6.55. The summed E-state index contributed by atoms with van der Waals surface area (Å²) in [6, 6.07) is 9.57. The first-order valence-corrected chi connectivity index (χ1v) is 7.28. The highest BCUT2D eigenvalue weighted by Gasteiger charge is 2.18. The molecule has 1 saturated heterocycles. The van der Waals surface area contributed by atoms with Gasteiger partial charge < -0.3 is 10.6 Å². The van der Waals surface area contributed by atoms with E-state index in [2.05, 4.69) is 30.5 Å². The second-order valence-corrected chi connectivity index (χ2v) is 5.75. The van der Waals surface area contributed by atoms with Crippen LogP contribution < -0.4 is 10.6 Å². The summed E-state index contributed by atoms with van der Waals surface area (Å²) in [6.45, 7) is 5.62. The fraction of sp³-hybridized carbons (Fsp3) is 0.600. The Morgan fingerprint density at radius 1 is 1.39 bits per heavy atom. The molecule has 0 bridgehead atoms. The van der Waals surface area contributed by atoms with E-state index in [9.17, 15) is 0 Å². The smallest absolute Gasteiger partial charge is 0.0453 e. The van der Waals surface area contributed by atoms with Crippen LogP contribution in [0.2, 0.25) is 5.02 Å². The van der Waals surface area contributed by atoms with Gasteiger partial charge in [0.05, 0.1) is 0 Å². The Hall–Kier alpha value is -0.570. The molecular formula is C15H23ClN2. The molecular weight excluding hydrogens is 244 g/mol. The van der Waals surface area contributed by atoms with Crippen LogP contribution in [-0.2, 0) is 0 Å². The van der Waals surface area contributed by atoms with E-state index in [0.29, 0.717) is 18.1 Å². The summed E-state index contributed by atoms with van der Waals surface area (Å²) in [5.74, 6) is 0. The minimum atomic E-state index is 0.301. The highest BCUT2D eigenvalue weighted by molar-refractivity contribution is 6.31. The van der Waals surface area contributed by atoms with Gasteiger partial charge in [0.2, 0.25) is 0 Å². The first kappa shape index (κ1) is 13.9. The van der Waals surface area contributed by atoms with Crippen LogP contribution in [0, 0.1) is 0 Å². The summed E-state index contributed by atoms with van der Waals surface area (Å²) < 4.78 is 0. The molecule has 1 heterocycles. The molecule has 1 aromatic carbocycles. The summed E-state index contributed by atoms with van der Waals surface area (Å²) in [5, 5.41) is 8.04. The number of rotatable bonds is 5. The highest BCUT2D eigenvalue weighted by atomic mass is 35.5. The molecule has 2 nitrogen and oxygen atoms in total. The Kier molecular flexibility index (Phi) is 5.04. The Balaban J connectivity index is 1.86. The average molecular weight is 267 g/mol. The van der Waals surface area contributed by atoms with Crippen molar-refractivity contribution in [3.05, 3.63) is 34.9 Å². The van der Waals surface area contributed by atoms with Crippen LogP contribution in [0.4, 0.5) is 0 Å². The maximum absolute atomic E-state index is 6.22. The van der Waals surface area contributed by atoms with Crippen molar-refractivity contribution in [2.24, 2.45) is 0 Å². The highest BCUT2D eigenvalue weighted by Crippen LogP contribution is 2.23. The summed E-state index contributed by atoms with van der Waals surface area (Å²) in [7, 11) is 0. The molecule has 3 atom stereocenters. The average Bonchev–Trinajstić information content (AvgIpc) is 2.82. The van der Waals surface area contributed by atoms with E-state index in [1.807, 2.05) is 18.2 Å². The van der Waals surface area contributed by atoms with Crippen LogP contribution in [-0.4, -0.2) is 18.6 Å². The first-order valence-electron chi connectivity index (χ1n) is 6.90. The molecule has 2 N–H and O–H groups in total. The van der Waals surface area contributed by atoms with Crippen LogP contribution in [0.25, 0.3) is 0 Å². The lowest BCUT2D eigenvalue weighted by Gasteiger charge is -2.23. The van der Waals surface area contributed by atoms with Crippen LogP contribution in [0.1, 0.15) is 44.7 Å². The van der Waals surface area contributed by atoms with E-state index in [1.165, 1.54) is 31.4 Å². The topological polar surface area (TPSA) is 24.1 Å². The Morgan fingerprint density at radius 3 is 2.83 bits per heavy atom. The predicted molar refractivity (Wildman–Crippen MR) is 78.1 cm³/mol. The van der Waals surface area contributed by atoms with Crippen molar-refractivity contribution in [3.63, 3.8) is 0 Å². The van der Waals surface area contributed by atoms with Crippen LogP contribution in [0.5, 0.6) is 0 Å². The fourth-order valence-corrected chi connectivity index (χ4v) is 3.09. The maximum Gasteiger partial charge on any atom is 0.0453 e. The zero-order valence-corrected chi connectivity index (χ0v) is 12.0. The van der Waals surface area contributed by atoms with Gasteiger partial charge >= 0.3 is 0 Å². The van der Waals surface area contributed by atoms with Crippen molar-refractivity contribution in [3.8, 4) is 0 Å². The standard InChI is InChI=1S/C15H23ClN2/c1-11(10-13-6-5-9-17-13)18-12(2)14-7-3-4-8-15(14)16/h3-4,7-8,11-13,17-18H,5-6,9-10H2,1-2H3. The van der Waals surface area contributed by atoms with Crippen molar-refractivity contribution in [1.29, 1.82) is 0 Å². The third-order valence-electron chi connectivity index (χ3n) is 3.71. The minimum Gasteiger partial charge on any atom is -0.314 e. The van der Waals surface area contributed by atoms with Gasteiger partial charge in [0.15, 0.2) is 0 Å². The van der Waals surface area contributed by atoms with Gasteiger partial charge in [-0.25, -0.2) is 0 Å². The van der Waals surface area contributed by atoms with E-state index in [-0.39, 0.29) is 0 Å². The molecule has 18 heavy (non-hydrogen) atoms. The van der Waals surface area contributed by atoms with E-state index in [0.717, 1.165) is 5.02 Å². The zero-order chi connectivity index (χ0) is 13.0. The molecule has 0 amide bonds. The largest absolute Gasteiger partial charge is 0.314 e. The van der Waals surface area contributed by atoms with Gasteiger partial charge in [-0.2, -0.15) is 0 Å². The number of benzene rings is 1. The molecule has 1 aromatic rings. The van der Waals surface area contributed by atoms with Crippen molar-refractivity contribution < 1.29 is 0 Å². The van der Waals surface area contributed by atoms with Gasteiger partial charge in [-0.05, 0) is 51.3 Å². The molecule has 1 aliphatic rings. The van der Waals surface area contributed by atoms with E-state index >= 15 is 0 Å². The minimum absolute atomic E-state index is 0.301. The van der Waals surface area contributed by atoms with Crippen LogP contribution >= 0.6 is 11.6 Å². The number of hydrogen-bond donors (Lipinski definition) is 2. The molecule has 1 fully saturated rings. The Morgan fingerprint density at radius 2 is 2.17 bits per heavy atom. The maximum atomic E-state index is 6.22. The molecule has 3 unspecified atom stereocenters. The molecule has 0 spiro atoms. The molecule has 0 aromatic heterocycles. The third-order valence-corrected chi connectivity index (χ3v) is 4.05. The van der Waals surface area contributed by atoms with E-state index in [1.54, 1.807) is 0 Å². The third kappa shape index (κ3) is 3.71. The second-order valence-electron chi connectivity index (χ2n) is 5.34. The van der Waals surface area contributed by atoms with Crippen molar-refractivity contribution in [1.82, 2.24) is 10.6 Å². The van der Waals surface area contributed by atoms with Crippen molar-refractivity contribution >= 4 is 11.6 Å². The quantitative estimate of drug-likeness (QED) is 0.852. The summed E-state index contributed by atoms with van der Waals surface area (Å²) >= 11 is 6.22. The molecule has 1 aliphatic heterocycles. The normalized spacial score (nSPS) is 22.9. The molecule has 0 saturated carbocycles. The van der Waals surface area contributed by atoms with Crippen LogP contribution in [0.15, 0.2) is 24.3 Å².